The summed E-state index contributed by atoms with van der Waals surface area (Å²) in [6.45, 7) is 0.780. The highest BCUT2D eigenvalue weighted by Crippen LogP contribution is 2.36. The van der Waals surface area contributed by atoms with E-state index in [-0.39, 0.29) is 58.5 Å². The third kappa shape index (κ3) is 5.87. The zero-order valence-electron chi connectivity index (χ0n) is 20.3. The summed E-state index contributed by atoms with van der Waals surface area (Å²) in [4.78, 5) is 29.7. The minimum atomic E-state index is -0.692. The Kier molecular flexibility index (Phi) is 8.19. The summed E-state index contributed by atoms with van der Waals surface area (Å²) < 4.78 is 18.6. The van der Waals surface area contributed by atoms with Gasteiger partial charge in [-0.3, -0.25) is 9.59 Å². The van der Waals surface area contributed by atoms with Crippen LogP contribution in [0.4, 0.5) is 15.9 Å². The first-order chi connectivity index (χ1) is 18.4. The lowest BCUT2D eigenvalue weighted by atomic mass is 9.97. The van der Waals surface area contributed by atoms with E-state index in [1.54, 1.807) is 30.3 Å². The molecular formula is C27H22ClFN6O4. The number of halogens is 2. The van der Waals surface area contributed by atoms with Crippen molar-refractivity contribution >= 4 is 35.7 Å². The smallest absolute Gasteiger partial charge is 0.295 e. The zero-order chi connectivity index (χ0) is 26.6. The van der Waals surface area contributed by atoms with Crippen LogP contribution in [-0.2, 0) is 4.79 Å². The molecule has 5 rings (SSSR count). The van der Waals surface area contributed by atoms with Crippen molar-refractivity contribution in [3.63, 3.8) is 0 Å². The Morgan fingerprint density at radius 1 is 1.13 bits per heavy atom. The maximum atomic E-state index is 13.7. The van der Waals surface area contributed by atoms with Gasteiger partial charge in [-0.15, -0.1) is 12.4 Å². The molecule has 0 spiro atoms. The summed E-state index contributed by atoms with van der Waals surface area (Å²) in [6.07, 6.45) is 2.96. The molecule has 12 heteroatoms. The number of hydrogen-bond acceptors (Lipinski definition) is 8. The van der Waals surface area contributed by atoms with Gasteiger partial charge in [0.15, 0.2) is 5.82 Å². The third-order valence-corrected chi connectivity index (χ3v) is 6.08. The highest BCUT2D eigenvalue weighted by atomic mass is 35.5. The number of rotatable bonds is 6. The second-order valence-electron chi connectivity index (χ2n) is 8.60. The number of aromatic nitrogens is 2. The standard InChI is InChI=1S/C27H21FN6O4.ClH/c28-16-6-7-18(23(35)12-16)22-13-19(20(14-29)25(33-22)34-27(37)24-8-10-31-38-24)15-3-1-4-17(11-15)32-26(36)21-5-2-9-30-21;/h1,3-4,6-8,10-13,21,30,35H,2,5,9H2,(H,32,36)(H,33,34,37);1H/t21-;/m1./s1. The van der Waals surface area contributed by atoms with Crippen molar-refractivity contribution in [3.05, 3.63) is 77.9 Å². The van der Waals surface area contributed by atoms with Gasteiger partial charge in [0, 0.05) is 28.9 Å². The monoisotopic (exact) mass is 548 g/mol. The Morgan fingerprint density at radius 3 is 2.67 bits per heavy atom. The number of amides is 2. The Bertz CT molecular complexity index is 1570. The minimum Gasteiger partial charge on any atom is -0.507 e. The number of hydrogen-bond donors (Lipinski definition) is 4. The molecule has 1 aliphatic heterocycles. The predicted molar refractivity (Wildman–Crippen MR) is 143 cm³/mol. The molecule has 2 aromatic heterocycles. The summed E-state index contributed by atoms with van der Waals surface area (Å²) in [5.41, 5.74) is 1.81. The van der Waals surface area contributed by atoms with Gasteiger partial charge in [0.25, 0.3) is 5.91 Å². The van der Waals surface area contributed by atoms with Gasteiger partial charge in [0.1, 0.15) is 23.2 Å². The Labute approximate surface area is 228 Å². The Morgan fingerprint density at radius 2 is 1.97 bits per heavy atom. The molecule has 39 heavy (non-hydrogen) atoms. The van der Waals surface area contributed by atoms with Crippen LogP contribution in [0.15, 0.2) is 65.3 Å². The van der Waals surface area contributed by atoms with Gasteiger partial charge in [0.05, 0.1) is 17.9 Å². The number of phenols is 1. The normalized spacial score (nSPS) is 14.2. The van der Waals surface area contributed by atoms with Crippen LogP contribution in [0, 0.1) is 17.1 Å². The van der Waals surface area contributed by atoms with E-state index in [1.165, 1.54) is 18.3 Å². The van der Waals surface area contributed by atoms with E-state index in [0.29, 0.717) is 16.8 Å². The first-order valence-electron chi connectivity index (χ1n) is 11.7. The van der Waals surface area contributed by atoms with Gasteiger partial charge in [0.2, 0.25) is 11.7 Å². The topological polar surface area (TPSA) is 153 Å². The average Bonchev–Trinajstić information content (AvgIpc) is 3.64. The summed E-state index contributed by atoms with van der Waals surface area (Å²) in [7, 11) is 0. The summed E-state index contributed by atoms with van der Waals surface area (Å²) >= 11 is 0. The second kappa shape index (κ2) is 11.7. The van der Waals surface area contributed by atoms with Gasteiger partial charge >= 0.3 is 0 Å². The van der Waals surface area contributed by atoms with Crippen LogP contribution in [0.25, 0.3) is 22.4 Å². The molecule has 0 radical (unpaired) electrons. The lowest BCUT2D eigenvalue weighted by Gasteiger charge is -2.15. The maximum Gasteiger partial charge on any atom is 0.295 e. The van der Waals surface area contributed by atoms with E-state index >= 15 is 0 Å². The molecular weight excluding hydrogens is 527 g/mol. The fourth-order valence-corrected chi connectivity index (χ4v) is 4.24. The molecule has 1 atom stereocenters. The van der Waals surface area contributed by atoms with Crippen molar-refractivity contribution < 1.29 is 23.6 Å². The lowest BCUT2D eigenvalue weighted by molar-refractivity contribution is -0.117. The van der Waals surface area contributed by atoms with E-state index in [0.717, 1.165) is 31.5 Å². The van der Waals surface area contributed by atoms with Crippen molar-refractivity contribution in [2.45, 2.75) is 18.9 Å². The minimum absolute atomic E-state index is 0. The molecule has 0 aliphatic carbocycles. The van der Waals surface area contributed by atoms with E-state index in [9.17, 15) is 24.3 Å². The van der Waals surface area contributed by atoms with Crippen LogP contribution in [0.3, 0.4) is 0 Å². The fourth-order valence-electron chi connectivity index (χ4n) is 4.24. The number of pyridine rings is 1. The van der Waals surface area contributed by atoms with Crippen LogP contribution in [-0.4, -0.2) is 39.6 Å². The average molecular weight is 549 g/mol. The van der Waals surface area contributed by atoms with Gasteiger partial charge < -0.3 is 25.6 Å². The van der Waals surface area contributed by atoms with Crippen molar-refractivity contribution in [2.75, 3.05) is 17.2 Å². The van der Waals surface area contributed by atoms with Gasteiger partial charge in [-0.25, -0.2) is 9.37 Å². The van der Waals surface area contributed by atoms with Crippen LogP contribution in [0.2, 0.25) is 0 Å². The van der Waals surface area contributed by atoms with Gasteiger partial charge in [-0.1, -0.05) is 17.3 Å². The van der Waals surface area contributed by atoms with E-state index < -0.39 is 11.7 Å². The van der Waals surface area contributed by atoms with Crippen molar-refractivity contribution in [2.24, 2.45) is 0 Å². The molecule has 4 aromatic rings. The number of benzene rings is 2. The first-order valence-corrected chi connectivity index (χ1v) is 11.7. The van der Waals surface area contributed by atoms with E-state index in [2.05, 4.69) is 32.2 Å². The zero-order valence-corrected chi connectivity index (χ0v) is 21.1. The van der Waals surface area contributed by atoms with E-state index in [4.69, 9.17) is 4.52 Å². The van der Waals surface area contributed by atoms with Crippen molar-refractivity contribution in [1.29, 1.82) is 5.26 Å². The number of aromatic hydroxyl groups is 1. The highest BCUT2D eigenvalue weighted by Gasteiger charge is 2.23. The number of nitrogens with one attached hydrogen (secondary N) is 3. The van der Waals surface area contributed by atoms with E-state index in [1.807, 2.05) is 0 Å². The largest absolute Gasteiger partial charge is 0.507 e. The number of carbonyl (C=O) groups is 2. The van der Waals surface area contributed by atoms with Crippen molar-refractivity contribution in [1.82, 2.24) is 15.5 Å². The molecule has 2 amide bonds. The molecule has 10 nitrogen and oxygen atoms in total. The van der Waals surface area contributed by atoms with Gasteiger partial charge in [-0.2, -0.15) is 5.26 Å². The van der Waals surface area contributed by atoms with Crippen LogP contribution in [0.5, 0.6) is 5.75 Å². The van der Waals surface area contributed by atoms with Crippen LogP contribution < -0.4 is 16.0 Å². The predicted octanol–water partition coefficient (Wildman–Crippen LogP) is 4.48. The molecule has 1 saturated heterocycles. The molecule has 198 valence electrons. The second-order valence-corrected chi connectivity index (χ2v) is 8.60. The van der Waals surface area contributed by atoms with Gasteiger partial charge in [-0.05, 0) is 55.3 Å². The molecule has 1 aliphatic rings. The Hall–Kier alpha value is -4.79. The summed E-state index contributed by atoms with van der Waals surface area (Å²) in [5, 5.41) is 32.6. The Balaban J connectivity index is 0.00000353. The molecule has 0 bridgehead atoms. The summed E-state index contributed by atoms with van der Waals surface area (Å²) in [6, 6.07) is 15.0. The third-order valence-electron chi connectivity index (χ3n) is 6.08. The first kappa shape index (κ1) is 27.3. The molecule has 3 heterocycles. The van der Waals surface area contributed by atoms with Crippen molar-refractivity contribution in [3.8, 4) is 34.2 Å². The molecule has 4 N–H and O–H groups in total. The highest BCUT2D eigenvalue weighted by molar-refractivity contribution is 6.03. The number of anilines is 2. The number of nitriles is 1. The molecule has 0 saturated carbocycles. The van der Waals surface area contributed by atoms with Crippen LogP contribution in [0.1, 0.15) is 29.0 Å². The maximum absolute atomic E-state index is 13.7. The SMILES string of the molecule is Cl.N#Cc1c(-c2cccc(NC(=O)[C@H]3CCCN3)c2)cc(-c2ccc(F)cc2O)nc1NC(=O)c1ccno1. The lowest BCUT2D eigenvalue weighted by Crippen LogP contribution is -2.35. The fraction of sp³-hybridized carbons (Fsp3) is 0.148. The molecule has 2 aromatic carbocycles. The van der Waals surface area contributed by atoms with Crippen LogP contribution >= 0.6 is 12.4 Å². The molecule has 1 fully saturated rings. The summed E-state index contributed by atoms with van der Waals surface area (Å²) in [5.74, 6) is -2.06. The molecule has 0 unspecified atom stereocenters. The number of nitrogens with zero attached hydrogens (tertiary/aromatic N) is 3. The quantitative estimate of drug-likeness (QED) is 0.275. The number of carbonyl (C=O) groups excluding carboxylic acids is 2. The number of phenolic OH excluding ortho intramolecular Hbond substituents is 1.